The minimum Gasteiger partial charge on any atom is -0.316 e. The number of nitrogens with one attached hydrogen (secondary N) is 1. The van der Waals surface area contributed by atoms with E-state index in [4.69, 9.17) is 0 Å². The molecule has 2 fully saturated rings. The Bertz CT molecular complexity index is 127. The standard InChI is InChI=1S/C8H15N2/c1-10-5-3-8(7-10)2-4-9-6-8/h7,9H,2-6H2,1H3. The lowest BCUT2D eigenvalue weighted by Gasteiger charge is -2.19. The Hall–Kier alpha value is -0.0800. The molecule has 2 heteroatoms. The van der Waals surface area contributed by atoms with E-state index in [9.17, 15) is 0 Å². The molecule has 1 spiro atoms. The van der Waals surface area contributed by atoms with Crippen molar-refractivity contribution in [3.63, 3.8) is 0 Å². The number of likely N-dealkylation sites (tertiary alicyclic amines) is 1. The third-order valence-electron chi connectivity index (χ3n) is 2.73. The molecule has 0 aromatic rings. The molecular weight excluding hydrogens is 124 g/mol. The van der Waals surface area contributed by atoms with E-state index < -0.39 is 0 Å². The second-order valence-electron chi connectivity index (χ2n) is 3.65. The summed E-state index contributed by atoms with van der Waals surface area (Å²) in [4.78, 5) is 2.33. The van der Waals surface area contributed by atoms with Gasteiger partial charge in [-0.1, -0.05) is 0 Å². The zero-order valence-electron chi connectivity index (χ0n) is 6.56. The van der Waals surface area contributed by atoms with E-state index >= 15 is 0 Å². The normalized spacial score (nSPS) is 41.7. The molecule has 0 aromatic carbocycles. The summed E-state index contributed by atoms with van der Waals surface area (Å²) in [5, 5.41) is 3.42. The highest BCUT2D eigenvalue weighted by Crippen LogP contribution is 2.38. The lowest BCUT2D eigenvalue weighted by atomic mass is 9.87. The average Bonchev–Trinajstić information content (AvgIpc) is 2.46. The summed E-state index contributed by atoms with van der Waals surface area (Å²) in [6.45, 7) is 6.08. The molecule has 0 aliphatic carbocycles. The second-order valence-corrected chi connectivity index (χ2v) is 3.65. The highest BCUT2D eigenvalue weighted by atomic mass is 15.1. The van der Waals surface area contributed by atoms with Gasteiger partial charge in [0, 0.05) is 18.5 Å². The first-order valence-electron chi connectivity index (χ1n) is 4.08. The van der Waals surface area contributed by atoms with Gasteiger partial charge in [0.15, 0.2) is 0 Å². The smallest absolute Gasteiger partial charge is 0.0323 e. The van der Waals surface area contributed by atoms with Crippen LogP contribution in [0.25, 0.3) is 0 Å². The average molecular weight is 139 g/mol. The number of hydrogen-bond donors (Lipinski definition) is 1. The Morgan fingerprint density at radius 3 is 2.90 bits per heavy atom. The van der Waals surface area contributed by atoms with Crippen molar-refractivity contribution in [3.8, 4) is 0 Å². The largest absolute Gasteiger partial charge is 0.316 e. The van der Waals surface area contributed by atoms with Crippen LogP contribution < -0.4 is 5.32 Å². The maximum absolute atomic E-state index is 3.42. The Balaban J connectivity index is 2.03. The highest BCUT2D eigenvalue weighted by Gasteiger charge is 2.39. The lowest BCUT2D eigenvalue weighted by molar-refractivity contribution is 0.384. The maximum atomic E-state index is 3.42. The van der Waals surface area contributed by atoms with E-state index in [0.717, 1.165) is 0 Å². The van der Waals surface area contributed by atoms with Crippen LogP contribution in [0.15, 0.2) is 0 Å². The molecule has 0 aromatic heterocycles. The Labute approximate surface area is 62.6 Å². The summed E-state index contributed by atoms with van der Waals surface area (Å²) in [5.74, 6) is 0. The molecule has 2 aliphatic heterocycles. The van der Waals surface area contributed by atoms with Crippen molar-refractivity contribution >= 4 is 0 Å². The van der Waals surface area contributed by atoms with Crippen molar-refractivity contribution < 1.29 is 0 Å². The molecule has 0 saturated carbocycles. The fraction of sp³-hybridized carbons (Fsp3) is 0.875. The van der Waals surface area contributed by atoms with Crippen LogP contribution in [-0.2, 0) is 0 Å². The number of rotatable bonds is 0. The fourth-order valence-electron chi connectivity index (χ4n) is 2.08. The number of hydrogen-bond acceptors (Lipinski definition) is 2. The van der Waals surface area contributed by atoms with Crippen molar-refractivity contribution in [3.05, 3.63) is 6.54 Å². The van der Waals surface area contributed by atoms with E-state index in [1.54, 1.807) is 0 Å². The van der Waals surface area contributed by atoms with Crippen LogP contribution in [0.5, 0.6) is 0 Å². The first kappa shape index (κ1) is 6.62. The quantitative estimate of drug-likeness (QED) is 0.524. The van der Waals surface area contributed by atoms with Crippen LogP contribution in [0, 0.1) is 12.0 Å². The molecule has 1 N–H and O–H groups in total. The van der Waals surface area contributed by atoms with Gasteiger partial charge in [0.25, 0.3) is 0 Å². The van der Waals surface area contributed by atoms with Gasteiger partial charge in [-0.25, -0.2) is 0 Å². The summed E-state index contributed by atoms with van der Waals surface area (Å²) in [5.41, 5.74) is 0.550. The summed E-state index contributed by atoms with van der Waals surface area (Å²) in [6, 6.07) is 0. The minimum absolute atomic E-state index is 0.550. The second kappa shape index (κ2) is 2.21. The van der Waals surface area contributed by atoms with Crippen molar-refractivity contribution in [2.24, 2.45) is 5.41 Å². The molecule has 57 valence electrons. The van der Waals surface area contributed by atoms with Gasteiger partial charge >= 0.3 is 0 Å². The van der Waals surface area contributed by atoms with Crippen LogP contribution in [0.1, 0.15) is 12.8 Å². The van der Waals surface area contributed by atoms with E-state index in [1.165, 1.54) is 32.5 Å². The number of nitrogens with zero attached hydrogens (tertiary/aromatic N) is 1. The van der Waals surface area contributed by atoms with Crippen molar-refractivity contribution in [1.82, 2.24) is 10.2 Å². The molecule has 2 heterocycles. The highest BCUT2D eigenvalue weighted by molar-refractivity contribution is 5.02. The van der Waals surface area contributed by atoms with E-state index in [2.05, 4.69) is 23.8 Å². The van der Waals surface area contributed by atoms with Gasteiger partial charge in [0.2, 0.25) is 0 Å². The van der Waals surface area contributed by atoms with Gasteiger partial charge in [0.05, 0.1) is 0 Å². The molecule has 2 saturated heterocycles. The summed E-state index contributed by atoms with van der Waals surface area (Å²) in [6.07, 6.45) is 2.70. The third kappa shape index (κ3) is 0.956. The molecule has 1 radical (unpaired) electrons. The van der Waals surface area contributed by atoms with Crippen LogP contribution >= 0.6 is 0 Å². The van der Waals surface area contributed by atoms with E-state index in [1.807, 2.05) is 0 Å². The molecular formula is C8H15N2. The molecule has 1 unspecified atom stereocenters. The molecule has 10 heavy (non-hydrogen) atoms. The lowest BCUT2D eigenvalue weighted by Crippen LogP contribution is -2.22. The van der Waals surface area contributed by atoms with Crippen LogP contribution in [0.3, 0.4) is 0 Å². The SMILES string of the molecule is CN1[CH]C2(CCNC2)CC1. The van der Waals surface area contributed by atoms with Gasteiger partial charge in [-0.2, -0.15) is 0 Å². The first-order valence-corrected chi connectivity index (χ1v) is 4.08. The van der Waals surface area contributed by atoms with Crippen molar-refractivity contribution in [1.29, 1.82) is 0 Å². The predicted octanol–water partition coefficient (Wildman–Crippen LogP) is 0.463. The molecule has 2 aliphatic rings. The zero-order valence-corrected chi connectivity index (χ0v) is 6.56. The third-order valence-corrected chi connectivity index (χ3v) is 2.73. The van der Waals surface area contributed by atoms with Gasteiger partial charge in [-0.3, -0.25) is 0 Å². The summed E-state index contributed by atoms with van der Waals surface area (Å²) < 4.78 is 0. The van der Waals surface area contributed by atoms with E-state index in [-0.39, 0.29) is 0 Å². The molecule has 2 rings (SSSR count). The zero-order chi connectivity index (χ0) is 7.03. The molecule has 2 nitrogen and oxygen atoms in total. The minimum atomic E-state index is 0.550. The fourth-order valence-corrected chi connectivity index (χ4v) is 2.08. The van der Waals surface area contributed by atoms with Crippen molar-refractivity contribution in [2.75, 3.05) is 26.7 Å². The van der Waals surface area contributed by atoms with Gasteiger partial charge < -0.3 is 10.2 Å². The summed E-state index contributed by atoms with van der Waals surface area (Å²) in [7, 11) is 2.17. The predicted molar refractivity (Wildman–Crippen MR) is 41.5 cm³/mol. The van der Waals surface area contributed by atoms with Gasteiger partial charge in [-0.15, -0.1) is 0 Å². The van der Waals surface area contributed by atoms with E-state index in [0.29, 0.717) is 5.41 Å². The van der Waals surface area contributed by atoms with Crippen LogP contribution in [0.2, 0.25) is 0 Å². The molecule has 1 atom stereocenters. The summed E-state index contributed by atoms with van der Waals surface area (Å²) >= 11 is 0. The Morgan fingerprint density at radius 1 is 1.50 bits per heavy atom. The maximum Gasteiger partial charge on any atom is 0.0323 e. The first-order chi connectivity index (χ1) is 4.81. The molecule has 0 amide bonds. The Kier molecular flexibility index (Phi) is 1.46. The molecule has 0 bridgehead atoms. The van der Waals surface area contributed by atoms with Crippen LogP contribution in [-0.4, -0.2) is 31.6 Å². The van der Waals surface area contributed by atoms with Gasteiger partial charge in [-0.05, 0) is 33.0 Å². The van der Waals surface area contributed by atoms with Gasteiger partial charge in [0.1, 0.15) is 0 Å². The van der Waals surface area contributed by atoms with Crippen molar-refractivity contribution in [2.45, 2.75) is 12.8 Å². The van der Waals surface area contributed by atoms with Crippen LogP contribution in [0.4, 0.5) is 0 Å². The Morgan fingerprint density at radius 2 is 2.40 bits per heavy atom. The topological polar surface area (TPSA) is 15.3 Å². The monoisotopic (exact) mass is 139 g/mol.